The number of benzene rings is 1. The summed E-state index contributed by atoms with van der Waals surface area (Å²) in [5.41, 5.74) is 1.46. The molecule has 0 radical (unpaired) electrons. The van der Waals surface area contributed by atoms with Crippen molar-refractivity contribution in [3.63, 3.8) is 0 Å². The average Bonchev–Trinajstić information content (AvgIpc) is 2.71. The minimum atomic E-state index is 0.116. The first-order chi connectivity index (χ1) is 13.5. The number of ether oxygens (including phenoxy) is 1. The van der Waals surface area contributed by atoms with Gasteiger partial charge < -0.3 is 9.64 Å². The quantitative estimate of drug-likeness (QED) is 0.699. The number of nitrogens with one attached hydrogen (secondary N) is 1. The van der Waals surface area contributed by atoms with E-state index in [1.165, 1.54) is 18.4 Å². The monoisotopic (exact) mass is 405 g/mol. The van der Waals surface area contributed by atoms with E-state index in [0.29, 0.717) is 18.6 Å². The molecule has 1 aliphatic carbocycles. The molecule has 1 aliphatic heterocycles. The van der Waals surface area contributed by atoms with E-state index in [1.54, 1.807) is 19.1 Å². The third-order valence-corrected chi connectivity index (χ3v) is 6.79. The molecule has 0 spiro atoms. The zero-order valence-corrected chi connectivity index (χ0v) is 18.3. The standard InChI is InChI=1S/C22H35N3O2S/c1-17(26)25-15-7-10-21(23-28-24(2)3)22(25)16-27-20-13-11-19(12-14-20)18-8-5-4-6-9-18/h4-6,8-9,19-23H,7,10-16H2,1-3H3. The Morgan fingerprint density at radius 1 is 1.18 bits per heavy atom. The van der Waals surface area contributed by atoms with Gasteiger partial charge in [0.15, 0.2) is 0 Å². The van der Waals surface area contributed by atoms with Crippen molar-refractivity contribution in [1.82, 2.24) is 13.9 Å². The van der Waals surface area contributed by atoms with Crippen LogP contribution in [0.2, 0.25) is 0 Å². The number of rotatable bonds is 7. The molecule has 6 heteroatoms. The van der Waals surface area contributed by atoms with Crippen LogP contribution < -0.4 is 4.72 Å². The molecule has 2 atom stereocenters. The second-order valence-electron chi connectivity index (χ2n) is 8.27. The number of carbonyl (C=O) groups is 1. The Kier molecular flexibility index (Phi) is 8.21. The number of likely N-dealkylation sites (tertiary alicyclic amines) is 1. The van der Waals surface area contributed by atoms with Gasteiger partial charge in [0.05, 0.1) is 18.8 Å². The fourth-order valence-electron chi connectivity index (χ4n) is 4.49. The summed E-state index contributed by atoms with van der Waals surface area (Å²) in [6.07, 6.45) is 7.04. The van der Waals surface area contributed by atoms with Crippen LogP contribution in [-0.2, 0) is 9.53 Å². The lowest BCUT2D eigenvalue weighted by Gasteiger charge is -2.42. The van der Waals surface area contributed by atoms with Crippen LogP contribution >= 0.6 is 12.1 Å². The Bertz CT molecular complexity index is 605. The highest BCUT2D eigenvalue weighted by atomic mass is 32.2. The number of hydrogen-bond donors (Lipinski definition) is 1. The molecule has 156 valence electrons. The van der Waals surface area contributed by atoms with Gasteiger partial charge in [-0.25, -0.2) is 9.03 Å². The maximum Gasteiger partial charge on any atom is 0.219 e. The lowest BCUT2D eigenvalue weighted by molar-refractivity contribution is -0.136. The molecule has 1 aromatic rings. The molecule has 1 aromatic carbocycles. The summed E-state index contributed by atoms with van der Waals surface area (Å²) in [5, 5.41) is 0. The number of carbonyl (C=O) groups excluding carboxylic acids is 1. The summed E-state index contributed by atoms with van der Waals surface area (Å²) in [4.78, 5) is 14.2. The minimum Gasteiger partial charge on any atom is -0.376 e. The maximum atomic E-state index is 12.2. The first kappa shape index (κ1) is 21.6. The molecule has 5 nitrogen and oxygen atoms in total. The predicted octanol–water partition coefficient (Wildman–Crippen LogP) is 3.82. The van der Waals surface area contributed by atoms with Crippen molar-refractivity contribution < 1.29 is 9.53 Å². The molecule has 1 saturated carbocycles. The van der Waals surface area contributed by atoms with E-state index < -0.39 is 0 Å². The fourth-order valence-corrected chi connectivity index (χ4v) is 5.11. The SMILES string of the molecule is CC(=O)N1CCCC(NSN(C)C)C1COC1CCC(c2ccccc2)CC1. The van der Waals surface area contributed by atoms with Gasteiger partial charge in [0.1, 0.15) is 0 Å². The van der Waals surface area contributed by atoms with E-state index in [0.717, 1.165) is 32.2 Å². The van der Waals surface area contributed by atoms with Crippen LogP contribution in [0.3, 0.4) is 0 Å². The largest absolute Gasteiger partial charge is 0.376 e. The third-order valence-electron chi connectivity index (χ3n) is 6.02. The first-order valence-corrected chi connectivity index (χ1v) is 11.4. The number of amides is 1. The molecule has 2 unspecified atom stereocenters. The van der Waals surface area contributed by atoms with Gasteiger partial charge in [-0.2, -0.15) is 0 Å². The van der Waals surface area contributed by atoms with Gasteiger partial charge in [-0.05, 0) is 64.1 Å². The highest BCUT2D eigenvalue weighted by Gasteiger charge is 2.34. The summed E-state index contributed by atoms with van der Waals surface area (Å²) in [7, 11) is 4.06. The molecular weight excluding hydrogens is 370 g/mol. The third kappa shape index (κ3) is 5.96. The van der Waals surface area contributed by atoms with Crippen molar-refractivity contribution in [2.75, 3.05) is 27.2 Å². The smallest absolute Gasteiger partial charge is 0.219 e. The van der Waals surface area contributed by atoms with Gasteiger partial charge in [0.25, 0.3) is 0 Å². The van der Waals surface area contributed by atoms with Crippen LogP contribution in [0.5, 0.6) is 0 Å². The molecule has 1 amide bonds. The van der Waals surface area contributed by atoms with Crippen molar-refractivity contribution in [3.05, 3.63) is 35.9 Å². The van der Waals surface area contributed by atoms with E-state index in [1.807, 2.05) is 19.0 Å². The normalized spacial score (nSPS) is 28.5. The molecule has 0 aromatic heterocycles. The maximum absolute atomic E-state index is 12.2. The lowest BCUT2D eigenvalue weighted by Crippen LogP contribution is -2.56. The highest BCUT2D eigenvalue weighted by Crippen LogP contribution is 2.34. The van der Waals surface area contributed by atoms with Crippen molar-refractivity contribution in [3.8, 4) is 0 Å². The summed E-state index contributed by atoms with van der Waals surface area (Å²) in [6.45, 7) is 3.15. The van der Waals surface area contributed by atoms with Gasteiger partial charge >= 0.3 is 0 Å². The number of hydrogen-bond acceptors (Lipinski definition) is 5. The molecule has 2 aliphatic rings. The molecule has 2 fully saturated rings. The minimum absolute atomic E-state index is 0.116. The Labute approximate surface area is 174 Å². The molecule has 0 bridgehead atoms. The second-order valence-corrected chi connectivity index (χ2v) is 9.42. The summed E-state index contributed by atoms with van der Waals surface area (Å²) in [6, 6.07) is 11.2. The number of piperidine rings is 1. The molecule has 28 heavy (non-hydrogen) atoms. The van der Waals surface area contributed by atoms with Crippen LogP contribution in [-0.4, -0.2) is 60.5 Å². The van der Waals surface area contributed by atoms with Crippen molar-refractivity contribution in [2.45, 2.75) is 69.6 Å². The Hall–Kier alpha value is -1.08. The van der Waals surface area contributed by atoms with Gasteiger partial charge in [0.2, 0.25) is 5.91 Å². The Morgan fingerprint density at radius 2 is 1.89 bits per heavy atom. The van der Waals surface area contributed by atoms with Crippen LogP contribution in [0.15, 0.2) is 30.3 Å². The van der Waals surface area contributed by atoms with Crippen LogP contribution in [0.1, 0.15) is 56.9 Å². The van der Waals surface area contributed by atoms with Crippen LogP contribution in [0.4, 0.5) is 0 Å². The van der Waals surface area contributed by atoms with E-state index in [-0.39, 0.29) is 18.0 Å². The molecule has 3 rings (SSSR count). The van der Waals surface area contributed by atoms with Crippen molar-refractivity contribution in [1.29, 1.82) is 0 Å². The zero-order valence-electron chi connectivity index (χ0n) is 17.5. The van der Waals surface area contributed by atoms with Gasteiger partial charge in [-0.1, -0.05) is 30.3 Å². The lowest BCUT2D eigenvalue weighted by atomic mass is 9.83. The Morgan fingerprint density at radius 3 is 2.54 bits per heavy atom. The number of nitrogens with zero attached hydrogens (tertiary/aromatic N) is 2. The average molecular weight is 406 g/mol. The highest BCUT2D eigenvalue weighted by molar-refractivity contribution is 7.95. The van der Waals surface area contributed by atoms with Crippen LogP contribution in [0.25, 0.3) is 0 Å². The van der Waals surface area contributed by atoms with Crippen molar-refractivity contribution in [2.24, 2.45) is 0 Å². The summed E-state index contributed by atoms with van der Waals surface area (Å²) in [5.74, 6) is 0.818. The van der Waals surface area contributed by atoms with Crippen LogP contribution in [0, 0.1) is 0 Å². The fraction of sp³-hybridized carbons (Fsp3) is 0.682. The van der Waals surface area contributed by atoms with Gasteiger partial charge in [-0.15, -0.1) is 0 Å². The summed E-state index contributed by atoms with van der Waals surface area (Å²) >= 11 is 1.60. The predicted molar refractivity (Wildman–Crippen MR) is 116 cm³/mol. The zero-order chi connectivity index (χ0) is 19.9. The molecule has 1 saturated heterocycles. The molecular formula is C22H35N3O2S. The van der Waals surface area contributed by atoms with E-state index >= 15 is 0 Å². The molecule has 1 heterocycles. The summed E-state index contributed by atoms with van der Waals surface area (Å²) < 4.78 is 12.0. The van der Waals surface area contributed by atoms with Gasteiger partial charge in [-0.3, -0.25) is 4.79 Å². The molecule has 1 N–H and O–H groups in total. The van der Waals surface area contributed by atoms with Crippen molar-refractivity contribution >= 4 is 18.0 Å². The van der Waals surface area contributed by atoms with E-state index in [2.05, 4.69) is 39.4 Å². The van der Waals surface area contributed by atoms with Gasteiger partial charge in [0, 0.05) is 31.6 Å². The second kappa shape index (κ2) is 10.6. The topological polar surface area (TPSA) is 44.8 Å². The van der Waals surface area contributed by atoms with E-state index in [9.17, 15) is 4.79 Å². The Balaban J connectivity index is 1.52. The van der Waals surface area contributed by atoms with E-state index in [4.69, 9.17) is 4.74 Å². The first-order valence-electron chi connectivity index (χ1n) is 10.6.